The van der Waals surface area contributed by atoms with Crippen molar-refractivity contribution in [1.82, 2.24) is 0 Å². The topological polar surface area (TPSA) is 231 Å². The zero-order chi connectivity index (χ0) is 79.4. The molecule has 0 heterocycles. The lowest BCUT2D eigenvalue weighted by molar-refractivity contribution is -0.161. The number of allylic oxidation sites excluding steroid dienone is 22. The highest BCUT2D eigenvalue weighted by molar-refractivity contribution is 7.47. The molecule has 0 radical (unpaired) electrons. The Kier molecular flexibility index (Phi) is 79.8. The Morgan fingerprint density at radius 2 is 0.486 bits per heavy atom. The first-order chi connectivity index (χ1) is 53.2. The molecular formula is C91H158O16P2. The summed E-state index contributed by atoms with van der Waals surface area (Å²) < 4.78 is 61.2. The zero-order valence-electron chi connectivity index (χ0n) is 68.9. The summed E-state index contributed by atoms with van der Waals surface area (Å²) in [4.78, 5) is 58.7. The molecule has 0 fully saturated rings. The average molecular weight is 1570 g/mol. The van der Waals surface area contributed by atoms with E-state index >= 15 is 0 Å². The maximum Gasteiger partial charge on any atom is 0.472 e. The van der Waals surface area contributed by atoms with Gasteiger partial charge in [-0.1, -0.05) is 366 Å². The van der Waals surface area contributed by atoms with E-state index in [0.29, 0.717) is 19.3 Å². The normalized spacial score (nSPS) is 14.5. The van der Waals surface area contributed by atoms with Crippen molar-refractivity contribution in [2.75, 3.05) is 39.6 Å². The van der Waals surface area contributed by atoms with E-state index in [1.165, 1.54) is 167 Å². The van der Waals surface area contributed by atoms with Gasteiger partial charge < -0.3 is 34.2 Å². The minimum absolute atomic E-state index is 0.107. The van der Waals surface area contributed by atoms with E-state index in [1.807, 2.05) is 0 Å². The van der Waals surface area contributed by atoms with Gasteiger partial charge in [0.05, 0.1) is 26.4 Å². The Morgan fingerprint density at radius 3 is 0.771 bits per heavy atom. The summed E-state index contributed by atoms with van der Waals surface area (Å²) in [5.74, 6) is -1.56. The smallest absolute Gasteiger partial charge is 0.463 e. The summed E-state index contributed by atoms with van der Waals surface area (Å²) in [6, 6.07) is 0. The van der Waals surface area contributed by atoms with Crippen LogP contribution in [0.2, 0.25) is 0 Å². The number of hydrogen-bond donors (Lipinski definition) is 4. The standard InChI is InChI=1S/C91H158O16P2/c1-4-7-10-13-16-19-22-24-26-28-30-32-34-36-38-40-42-44-46-48-50-52-54-56-58-60-63-65-68-71-74-77-89(94)101-80-86(92)81-103-108(97,98)104-82-87(93)83-105-109(99,100)106-85-88(107-91(96)79-76-73-70-67-62-21-18-15-12-9-6-3)84-102-90(95)78-75-72-69-66-64-61-59-57-55-53-51-49-47-45-43-41-39-37-35-33-31-29-27-25-23-20-17-14-11-8-5-2/h7-8,10-11,16-17,19-20,24-27,30-33,36-39,42,44,86-88,92-93H,4-6,9,12-15,18,21-23,28-29,34-35,40-41,43,45-85H2,1-3H3,(H,97,98)(H,99,100)/b10-7-,11-8-,19-16-,20-17-,26-24-,27-25-,32-30-,33-31-,38-36-,39-37-,44-42-. The molecule has 0 aliphatic heterocycles. The molecule has 0 aromatic rings. The summed E-state index contributed by atoms with van der Waals surface area (Å²) in [5.41, 5.74) is 0. The number of carbonyl (C=O) groups excluding carboxylic acids is 3. The Morgan fingerprint density at radius 1 is 0.266 bits per heavy atom. The molecular weight excluding hydrogens is 1410 g/mol. The van der Waals surface area contributed by atoms with Crippen LogP contribution in [0, 0.1) is 0 Å². The first-order valence-electron chi connectivity index (χ1n) is 43.5. The lowest BCUT2D eigenvalue weighted by Gasteiger charge is -2.21. The summed E-state index contributed by atoms with van der Waals surface area (Å²) in [6.07, 6.45) is 102. The van der Waals surface area contributed by atoms with Crippen LogP contribution < -0.4 is 0 Å². The van der Waals surface area contributed by atoms with Gasteiger partial charge in [0.1, 0.15) is 25.4 Å². The van der Waals surface area contributed by atoms with E-state index in [1.54, 1.807) is 0 Å². The minimum Gasteiger partial charge on any atom is -0.463 e. The predicted molar refractivity (Wildman–Crippen MR) is 454 cm³/mol. The third kappa shape index (κ3) is 84.4. The fourth-order valence-electron chi connectivity index (χ4n) is 11.8. The fourth-order valence-corrected chi connectivity index (χ4v) is 13.4. The molecule has 0 rings (SSSR count). The van der Waals surface area contributed by atoms with E-state index in [2.05, 4.69) is 154 Å². The molecule has 5 unspecified atom stereocenters. The molecule has 0 aromatic heterocycles. The van der Waals surface area contributed by atoms with Crippen LogP contribution in [0.25, 0.3) is 0 Å². The number of phosphoric acid groups is 2. The van der Waals surface area contributed by atoms with Crippen molar-refractivity contribution >= 4 is 33.6 Å². The number of phosphoric ester groups is 2. The van der Waals surface area contributed by atoms with Crippen LogP contribution in [0.1, 0.15) is 367 Å². The van der Waals surface area contributed by atoms with Gasteiger partial charge in [-0.3, -0.25) is 32.5 Å². The molecule has 16 nitrogen and oxygen atoms in total. The van der Waals surface area contributed by atoms with E-state index < -0.39 is 91.5 Å². The molecule has 0 saturated heterocycles. The van der Waals surface area contributed by atoms with Gasteiger partial charge in [0.2, 0.25) is 0 Å². The lowest BCUT2D eigenvalue weighted by atomic mass is 10.0. The van der Waals surface area contributed by atoms with Gasteiger partial charge in [-0.2, -0.15) is 0 Å². The minimum atomic E-state index is -4.93. The average Bonchev–Trinajstić information content (AvgIpc) is 0.837. The Labute approximate surface area is 665 Å². The van der Waals surface area contributed by atoms with E-state index in [0.717, 1.165) is 141 Å². The highest BCUT2D eigenvalue weighted by Crippen LogP contribution is 2.45. The second kappa shape index (κ2) is 83.1. The summed E-state index contributed by atoms with van der Waals surface area (Å²) in [7, 11) is -9.78. The van der Waals surface area contributed by atoms with Gasteiger partial charge in [0.15, 0.2) is 6.10 Å². The predicted octanol–water partition coefficient (Wildman–Crippen LogP) is 26.2. The first kappa shape index (κ1) is 105. The van der Waals surface area contributed by atoms with Gasteiger partial charge in [-0.15, -0.1) is 0 Å². The molecule has 0 amide bonds. The maximum atomic E-state index is 13.0. The van der Waals surface area contributed by atoms with Crippen LogP contribution in [0.5, 0.6) is 0 Å². The number of carbonyl (C=O) groups is 3. The fraction of sp³-hybridized carbons (Fsp3) is 0.725. The van der Waals surface area contributed by atoms with Crippen LogP contribution in [0.3, 0.4) is 0 Å². The third-order valence-corrected chi connectivity index (χ3v) is 20.3. The number of aliphatic hydroxyl groups is 2. The van der Waals surface area contributed by atoms with Crippen molar-refractivity contribution in [3.8, 4) is 0 Å². The van der Waals surface area contributed by atoms with Crippen LogP contribution in [-0.4, -0.2) is 95.9 Å². The number of unbranched alkanes of at least 4 members (excludes halogenated alkanes) is 37. The second-order valence-electron chi connectivity index (χ2n) is 28.9. The van der Waals surface area contributed by atoms with Crippen molar-refractivity contribution in [3.05, 3.63) is 134 Å². The molecule has 0 aliphatic rings. The van der Waals surface area contributed by atoms with Gasteiger partial charge in [-0.25, -0.2) is 9.13 Å². The van der Waals surface area contributed by atoms with Crippen LogP contribution in [0.15, 0.2) is 134 Å². The molecule has 0 spiro atoms. The lowest BCUT2D eigenvalue weighted by Crippen LogP contribution is -2.30. The summed E-state index contributed by atoms with van der Waals surface area (Å²) in [5, 5.41) is 20.7. The summed E-state index contributed by atoms with van der Waals surface area (Å²) >= 11 is 0. The molecule has 628 valence electrons. The van der Waals surface area contributed by atoms with Crippen LogP contribution in [-0.2, 0) is 55.8 Å². The summed E-state index contributed by atoms with van der Waals surface area (Å²) in [6.45, 7) is 2.48. The number of ether oxygens (including phenoxy) is 3. The molecule has 0 aliphatic carbocycles. The largest absolute Gasteiger partial charge is 0.472 e. The van der Waals surface area contributed by atoms with Crippen molar-refractivity contribution in [2.24, 2.45) is 0 Å². The van der Waals surface area contributed by atoms with Gasteiger partial charge in [-0.05, 0) is 116 Å². The molecule has 0 bridgehead atoms. The molecule has 4 N–H and O–H groups in total. The Bertz CT molecular complexity index is 2510. The monoisotopic (exact) mass is 1570 g/mol. The van der Waals surface area contributed by atoms with E-state index in [-0.39, 0.29) is 19.3 Å². The molecule has 5 atom stereocenters. The van der Waals surface area contributed by atoms with Crippen molar-refractivity contribution in [1.29, 1.82) is 0 Å². The number of aliphatic hydroxyl groups excluding tert-OH is 2. The third-order valence-electron chi connectivity index (χ3n) is 18.4. The molecule has 0 saturated carbocycles. The highest BCUT2D eigenvalue weighted by atomic mass is 31.2. The van der Waals surface area contributed by atoms with Gasteiger partial charge in [0.25, 0.3) is 0 Å². The van der Waals surface area contributed by atoms with Crippen molar-refractivity contribution in [3.63, 3.8) is 0 Å². The van der Waals surface area contributed by atoms with Crippen LogP contribution >= 0.6 is 15.6 Å². The van der Waals surface area contributed by atoms with Gasteiger partial charge in [0, 0.05) is 19.3 Å². The maximum absolute atomic E-state index is 13.0. The van der Waals surface area contributed by atoms with Gasteiger partial charge >= 0.3 is 33.6 Å². The molecule has 0 aromatic carbocycles. The van der Waals surface area contributed by atoms with Crippen molar-refractivity contribution in [2.45, 2.75) is 386 Å². The quantitative estimate of drug-likeness (QED) is 0.0146. The SMILES string of the molecule is CC/C=C\C/C=C\C/C=C\C/C=C\C/C=C\C/C=C\CCCCCCCCCCCCCCC(=O)OCC(O)COP(=O)(O)OCC(O)COP(=O)(O)OCC(COC(=O)CCCCCCCCCCCCCCCCC/C=C\C/C=C\C/C=C\C/C=C\C/C=C\CC)OC(=O)CCCCCCCCCCCCC. The highest BCUT2D eigenvalue weighted by Gasteiger charge is 2.29. The van der Waals surface area contributed by atoms with E-state index in [9.17, 15) is 43.5 Å². The van der Waals surface area contributed by atoms with E-state index in [4.69, 9.17) is 32.3 Å². The molecule has 109 heavy (non-hydrogen) atoms. The van der Waals surface area contributed by atoms with Crippen molar-refractivity contribution < 1.29 is 75.8 Å². The second-order valence-corrected chi connectivity index (χ2v) is 31.8. The Balaban J connectivity index is 4.38. The number of hydrogen-bond acceptors (Lipinski definition) is 14. The zero-order valence-corrected chi connectivity index (χ0v) is 70.7. The Hall–Kier alpha value is -4.31. The number of esters is 3. The molecule has 18 heteroatoms. The van der Waals surface area contributed by atoms with Crippen LogP contribution in [0.4, 0.5) is 0 Å². The number of rotatable bonds is 82. The first-order valence-corrected chi connectivity index (χ1v) is 46.5.